The summed E-state index contributed by atoms with van der Waals surface area (Å²) in [5.74, 6) is 1.91. The van der Waals surface area contributed by atoms with Crippen molar-refractivity contribution in [1.82, 2.24) is 19.5 Å². The summed E-state index contributed by atoms with van der Waals surface area (Å²) in [5, 5.41) is 2.52. The van der Waals surface area contributed by atoms with Crippen LogP contribution in [-0.4, -0.2) is 19.5 Å². The number of fused-ring (bicyclic) bond motifs is 12. The minimum atomic E-state index is -0.574. The molecule has 0 N–H and O–H groups in total. The summed E-state index contributed by atoms with van der Waals surface area (Å²) in [6.07, 6.45) is 0. The molecule has 1 aliphatic carbocycles. The van der Waals surface area contributed by atoms with Gasteiger partial charge in [0.2, 0.25) is 0 Å². The Hall–Kier alpha value is -8.21. The van der Waals surface area contributed by atoms with E-state index in [0.717, 1.165) is 27.8 Å². The van der Waals surface area contributed by atoms with Gasteiger partial charge in [0.25, 0.3) is 0 Å². The van der Waals surface area contributed by atoms with E-state index in [-0.39, 0.29) is 0 Å². The summed E-state index contributed by atoms with van der Waals surface area (Å²) < 4.78 is 2.49. The molecule has 1 spiro atoms. The minimum absolute atomic E-state index is 0.574. The number of hydrogen-bond donors (Lipinski definition) is 0. The largest absolute Gasteiger partial charge is 0.309 e. The lowest BCUT2D eigenvalue weighted by Gasteiger charge is -2.39. The summed E-state index contributed by atoms with van der Waals surface area (Å²) in [6.45, 7) is 0. The van der Waals surface area contributed by atoms with E-state index in [2.05, 4.69) is 205 Å². The van der Waals surface area contributed by atoms with Crippen molar-refractivity contribution >= 4 is 21.8 Å². The van der Waals surface area contributed by atoms with Gasteiger partial charge in [-0.2, -0.15) is 0 Å². The van der Waals surface area contributed by atoms with E-state index in [9.17, 15) is 0 Å². The SMILES string of the molecule is c1ccc(-c2ccc(-c3ccc(-c4nc(-c5ccccc5)nc(-c5ccc6c(c5)C5(c7ccccc7-6)c6ccccc6-n6c7ccccc7c7cccc5c76)n4)cc3)cc2)cc1. The number of hydrogen-bond acceptors (Lipinski definition) is 3. The van der Waals surface area contributed by atoms with Gasteiger partial charge in [-0.3, -0.25) is 0 Å². The topological polar surface area (TPSA) is 43.6 Å². The zero-order valence-electron chi connectivity index (χ0n) is 33.6. The second kappa shape index (κ2) is 13.4. The van der Waals surface area contributed by atoms with E-state index < -0.39 is 5.41 Å². The minimum Gasteiger partial charge on any atom is -0.309 e. The molecule has 0 saturated heterocycles. The Morgan fingerprint density at radius 2 is 0.774 bits per heavy atom. The molecule has 9 aromatic carbocycles. The molecule has 4 heteroatoms. The van der Waals surface area contributed by atoms with Crippen molar-refractivity contribution in [2.24, 2.45) is 0 Å². The quantitative estimate of drug-likeness (QED) is 0.174. The van der Waals surface area contributed by atoms with Gasteiger partial charge in [-0.1, -0.05) is 200 Å². The summed E-state index contributed by atoms with van der Waals surface area (Å²) in [5.41, 5.74) is 18.2. The number of para-hydroxylation sites is 3. The average molecular weight is 789 g/mol. The van der Waals surface area contributed by atoms with Crippen LogP contribution in [0.15, 0.2) is 218 Å². The third kappa shape index (κ3) is 4.98. The fourth-order valence-electron chi connectivity index (χ4n) is 10.3. The van der Waals surface area contributed by atoms with Crippen molar-refractivity contribution < 1.29 is 0 Å². The molecule has 0 amide bonds. The molecule has 0 bridgehead atoms. The van der Waals surface area contributed by atoms with Gasteiger partial charge in [0.15, 0.2) is 17.5 Å². The molecule has 1 unspecified atom stereocenters. The smallest absolute Gasteiger partial charge is 0.164 e. The first kappa shape index (κ1) is 34.6. The standard InChI is InChI=1S/C58H36N4/c1-3-14-37(15-4-1)38-26-28-39(29-27-38)40-30-32-42(33-31-40)56-59-55(41-16-5-2-6-17-41)60-57(61-56)43-34-35-45-44-18-7-9-21-48(44)58(51(45)36-43)49-22-10-12-25-53(49)62-52-24-11-8-19-46(52)47-20-13-23-50(58)54(47)62/h1-36H. The van der Waals surface area contributed by atoms with Crippen molar-refractivity contribution in [3.8, 4) is 73.2 Å². The molecule has 1 aliphatic heterocycles. The first-order valence-electron chi connectivity index (χ1n) is 21.2. The monoisotopic (exact) mass is 788 g/mol. The molecule has 4 nitrogen and oxygen atoms in total. The molecule has 3 heterocycles. The lowest BCUT2D eigenvalue weighted by molar-refractivity contribution is 0.748. The van der Waals surface area contributed by atoms with Crippen LogP contribution in [0, 0.1) is 0 Å². The third-order valence-corrected chi connectivity index (χ3v) is 13.1. The average Bonchev–Trinajstić information content (AvgIpc) is 3.85. The van der Waals surface area contributed by atoms with Crippen LogP contribution >= 0.6 is 0 Å². The molecular weight excluding hydrogens is 753 g/mol. The lowest BCUT2D eigenvalue weighted by Crippen LogP contribution is -2.33. The predicted octanol–water partition coefficient (Wildman–Crippen LogP) is 14.0. The fourth-order valence-corrected chi connectivity index (χ4v) is 10.3. The number of nitrogens with zero attached hydrogens (tertiary/aromatic N) is 4. The first-order chi connectivity index (χ1) is 30.7. The molecule has 62 heavy (non-hydrogen) atoms. The molecule has 2 aliphatic rings. The van der Waals surface area contributed by atoms with Crippen LogP contribution in [0.25, 0.3) is 95.0 Å². The zero-order valence-corrected chi connectivity index (χ0v) is 33.6. The van der Waals surface area contributed by atoms with E-state index in [1.165, 1.54) is 72.0 Å². The molecule has 1 atom stereocenters. The van der Waals surface area contributed by atoms with Gasteiger partial charge in [0.05, 0.1) is 22.1 Å². The van der Waals surface area contributed by atoms with Gasteiger partial charge in [-0.05, 0) is 73.8 Å². The van der Waals surface area contributed by atoms with Crippen molar-refractivity contribution in [3.63, 3.8) is 0 Å². The summed E-state index contributed by atoms with van der Waals surface area (Å²) in [6, 6.07) is 78.5. The Kier molecular flexibility index (Phi) is 7.49. The van der Waals surface area contributed by atoms with Crippen LogP contribution in [0.3, 0.4) is 0 Å². The highest BCUT2D eigenvalue weighted by molar-refractivity contribution is 6.12. The Morgan fingerprint density at radius 3 is 1.48 bits per heavy atom. The van der Waals surface area contributed by atoms with Crippen molar-refractivity contribution in [3.05, 3.63) is 241 Å². The van der Waals surface area contributed by atoms with Crippen LogP contribution < -0.4 is 0 Å². The highest BCUT2D eigenvalue weighted by Crippen LogP contribution is 2.61. The van der Waals surface area contributed by atoms with Crippen LogP contribution in [0.2, 0.25) is 0 Å². The van der Waals surface area contributed by atoms with Crippen LogP contribution in [0.5, 0.6) is 0 Å². The predicted molar refractivity (Wildman–Crippen MR) is 252 cm³/mol. The van der Waals surface area contributed by atoms with Crippen molar-refractivity contribution in [2.75, 3.05) is 0 Å². The zero-order chi connectivity index (χ0) is 40.8. The van der Waals surface area contributed by atoms with Crippen LogP contribution in [0.4, 0.5) is 0 Å². The Labute approximate surface area is 359 Å². The van der Waals surface area contributed by atoms with Gasteiger partial charge in [0, 0.05) is 27.5 Å². The van der Waals surface area contributed by atoms with E-state index in [1.807, 2.05) is 18.2 Å². The molecule has 13 rings (SSSR count). The fraction of sp³-hybridized carbons (Fsp3) is 0.0172. The molecule has 0 saturated carbocycles. The van der Waals surface area contributed by atoms with E-state index in [4.69, 9.17) is 15.0 Å². The van der Waals surface area contributed by atoms with Crippen molar-refractivity contribution in [2.45, 2.75) is 5.41 Å². The maximum atomic E-state index is 5.28. The van der Waals surface area contributed by atoms with Crippen LogP contribution in [-0.2, 0) is 5.41 Å². The normalized spacial score (nSPS) is 14.5. The Morgan fingerprint density at radius 1 is 0.306 bits per heavy atom. The van der Waals surface area contributed by atoms with Crippen LogP contribution in [0.1, 0.15) is 22.3 Å². The highest BCUT2D eigenvalue weighted by atomic mass is 15.0. The summed E-state index contributed by atoms with van der Waals surface area (Å²) in [4.78, 5) is 15.6. The molecule has 288 valence electrons. The maximum Gasteiger partial charge on any atom is 0.164 e. The van der Waals surface area contributed by atoms with Crippen molar-refractivity contribution in [1.29, 1.82) is 0 Å². The number of aromatic nitrogens is 4. The van der Waals surface area contributed by atoms with E-state index in [0.29, 0.717) is 17.5 Å². The molecule has 2 aromatic heterocycles. The lowest BCUT2D eigenvalue weighted by atomic mass is 9.65. The van der Waals surface area contributed by atoms with Gasteiger partial charge in [-0.25, -0.2) is 15.0 Å². The van der Waals surface area contributed by atoms with Gasteiger partial charge in [0.1, 0.15) is 0 Å². The third-order valence-electron chi connectivity index (χ3n) is 13.1. The maximum absolute atomic E-state index is 5.28. The van der Waals surface area contributed by atoms with E-state index >= 15 is 0 Å². The second-order valence-electron chi connectivity index (χ2n) is 16.3. The Bertz CT molecular complexity index is 3550. The van der Waals surface area contributed by atoms with E-state index in [1.54, 1.807) is 0 Å². The summed E-state index contributed by atoms with van der Waals surface area (Å²) >= 11 is 0. The van der Waals surface area contributed by atoms with Gasteiger partial charge < -0.3 is 4.57 Å². The Balaban J connectivity index is 0.989. The molecule has 0 fully saturated rings. The van der Waals surface area contributed by atoms with Gasteiger partial charge in [-0.15, -0.1) is 0 Å². The number of rotatable bonds is 5. The second-order valence-corrected chi connectivity index (χ2v) is 16.3. The number of benzene rings is 9. The molecule has 0 radical (unpaired) electrons. The first-order valence-corrected chi connectivity index (χ1v) is 21.2. The molecule has 11 aromatic rings. The summed E-state index contributed by atoms with van der Waals surface area (Å²) in [7, 11) is 0. The van der Waals surface area contributed by atoms with Gasteiger partial charge >= 0.3 is 0 Å². The highest BCUT2D eigenvalue weighted by Gasteiger charge is 2.50. The molecular formula is C58H36N4.